The third kappa shape index (κ3) is 4.43. The average Bonchev–Trinajstić information content (AvgIpc) is 2.88. The van der Waals surface area contributed by atoms with Gasteiger partial charge in [-0.2, -0.15) is 0 Å². The SMILES string of the molecule is Cc1ccc(Oc2ccc(NC(=O)CN3C(=O)C(=O)N(C(C)C)C3=O)cc2)cc1. The molecule has 5 amide bonds. The Morgan fingerprint density at radius 2 is 1.48 bits per heavy atom. The van der Waals surface area contributed by atoms with Crippen molar-refractivity contribution in [2.45, 2.75) is 26.8 Å². The highest BCUT2D eigenvalue weighted by atomic mass is 16.5. The quantitative estimate of drug-likeness (QED) is 0.599. The van der Waals surface area contributed by atoms with Crippen molar-refractivity contribution < 1.29 is 23.9 Å². The van der Waals surface area contributed by atoms with E-state index in [1.807, 2.05) is 31.2 Å². The Hall–Kier alpha value is -3.68. The number of carbonyl (C=O) groups is 4. The summed E-state index contributed by atoms with van der Waals surface area (Å²) in [4.78, 5) is 49.8. The fourth-order valence-electron chi connectivity index (χ4n) is 2.81. The zero-order valence-corrected chi connectivity index (χ0v) is 16.3. The van der Waals surface area contributed by atoms with E-state index in [1.165, 1.54) is 0 Å². The number of urea groups is 1. The van der Waals surface area contributed by atoms with Crippen LogP contribution >= 0.6 is 0 Å². The maximum Gasteiger partial charge on any atom is 0.334 e. The number of ether oxygens (including phenoxy) is 1. The lowest BCUT2D eigenvalue weighted by molar-refractivity contribution is -0.144. The van der Waals surface area contributed by atoms with Crippen LogP contribution in [0.4, 0.5) is 10.5 Å². The number of imide groups is 2. The zero-order valence-electron chi connectivity index (χ0n) is 16.3. The van der Waals surface area contributed by atoms with Crippen LogP contribution in [0.15, 0.2) is 48.5 Å². The van der Waals surface area contributed by atoms with Crippen LogP contribution in [0.25, 0.3) is 0 Å². The molecule has 8 nitrogen and oxygen atoms in total. The van der Waals surface area contributed by atoms with Gasteiger partial charge in [-0.25, -0.2) is 9.69 Å². The van der Waals surface area contributed by atoms with E-state index in [2.05, 4.69) is 5.32 Å². The fraction of sp³-hybridized carbons (Fsp3) is 0.238. The van der Waals surface area contributed by atoms with Gasteiger partial charge in [0.1, 0.15) is 18.0 Å². The second-order valence-electron chi connectivity index (χ2n) is 6.93. The molecule has 3 rings (SSSR count). The molecule has 0 spiro atoms. The van der Waals surface area contributed by atoms with Gasteiger partial charge < -0.3 is 10.1 Å². The van der Waals surface area contributed by atoms with Crippen LogP contribution in [-0.2, 0) is 14.4 Å². The van der Waals surface area contributed by atoms with Gasteiger partial charge in [-0.3, -0.25) is 19.3 Å². The van der Waals surface area contributed by atoms with E-state index in [1.54, 1.807) is 38.1 Å². The second kappa shape index (κ2) is 8.14. The normalized spacial score (nSPS) is 14.0. The number of amides is 5. The van der Waals surface area contributed by atoms with Crippen molar-refractivity contribution in [2.75, 3.05) is 11.9 Å². The minimum Gasteiger partial charge on any atom is -0.457 e. The minimum atomic E-state index is -0.999. The summed E-state index contributed by atoms with van der Waals surface area (Å²) in [5, 5.41) is 2.60. The molecule has 29 heavy (non-hydrogen) atoms. The van der Waals surface area contributed by atoms with Crippen molar-refractivity contribution in [3.05, 3.63) is 54.1 Å². The van der Waals surface area contributed by atoms with E-state index in [4.69, 9.17) is 4.74 Å². The molecule has 1 N–H and O–H groups in total. The molecule has 1 saturated heterocycles. The molecule has 0 aliphatic carbocycles. The summed E-state index contributed by atoms with van der Waals surface area (Å²) >= 11 is 0. The van der Waals surface area contributed by atoms with Gasteiger partial charge >= 0.3 is 17.8 Å². The number of hydrogen-bond donors (Lipinski definition) is 1. The predicted octanol–water partition coefficient (Wildman–Crippen LogP) is 2.93. The summed E-state index contributed by atoms with van der Waals surface area (Å²) in [6.07, 6.45) is 0. The molecule has 1 heterocycles. The first kappa shape index (κ1) is 20.1. The molecule has 0 radical (unpaired) electrons. The van der Waals surface area contributed by atoms with Crippen molar-refractivity contribution in [2.24, 2.45) is 0 Å². The largest absolute Gasteiger partial charge is 0.457 e. The molecular formula is C21H21N3O5. The van der Waals surface area contributed by atoms with Crippen molar-refractivity contribution in [1.82, 2.24) is 9.80 Å². The molecule has 1 aliphatic heterocycles. The molecule has 0 bridgehead atoms. The van der Waals surface area contributed by atoms with Gasteiger partial charge in [-0.05, 0) is 57.2 Å². The van der Waals surface area contributed by atoms with Gasteiger partial charge in [-0.1, -0.05) is 17.7 Å². The second-order valence-corrected chi connectivity index (χ2v) is 6.93. The Bertz CT molecular complexity index is 951. The van der Waals surface area contributed by atoms with Crippen molar-refractivity contribution in [3.63, 3.8) is 0 Å². The Balaban J connectivity index is 1.59. The molecule has 2 aromatic carbocycles. The van der Waals surface area contributed by atoms with E-state index in [0.717, 1.165) is 10.5 Å². The first-order chi connectivity index (χ1) is 13.8. The van der Waals surface area contributed by atoms with Gasteiger partial charge in [0.25, 0.3) is 0 Å². The topological polar surface area (TPSA) is 96.0 Å². The van der Waals surface area contributed by atoms with Gasteiger partial charge in [-0.15, -0.1) is 0 Å². The van der Waals surface area contributed by atoms with Crippen LogP contribution in [0.5, 0.6) is 11.5 Å². The van der Waals surface area contributed by atoms with Crippen LogP contribution in [0.3, 0.4) is 0 Å². The van der Waals surface area contributed by atoms with Gasteiger partial charge in [0, 0.05) is 11.7 Å². The number of aryl methyl sites for hydroxylation is 1. The molecule has 8 heteroatoms. The van der Waals surface area contributed by atoms with Gasteiger partial charge in [0.2, 0.25) is 5.91 Å². The third-order valence-corrected chi connectivity index (χ3v) is 4.30. The molecule has 0 saturated carbocycles. The van der Waals surface area contributed by atoms with Crippen LogP contribution in [0.2, 0.25) is 0 Å². The number of nitrogens with zero attached hydrogens (tertiary/aromatic N) is 2. The van der Waals surface area contributed by atoms with E-state index in [9.17, 15) is 19.2 Å². The first-order valence-electron chi connectivity index (χ1n) is 9.09. The standard InChI is InChI=1S/C21H21N3O5/c1-13(2)24-20(27)19(26)23(21(24)28)12-18(25)22-15-6-10-17(11-7-15)29-16-8-4-14(3)5-9-16/h4-11,13H,12H2,1-3H3,(H,22,25). The Morgan fingerprint density at radius 1 is 0.931 bits per heavy atom. The number of hydrogen-bond acceptors (Lipinski definition) is 5. The summed E-state index contributed by atoms with van der Waals surface area (Å²) in [6, 6.07) is 13.0. The summed E-state index contributed by atoms with van der Waals surface area (Å²) in [5.41, 5.74) is 1.60. The number of rotatable bonds is 6. The highest BCUT2D eigenvalue weighted by molar-refractivity contribution is 6.45. The van der Waals surface area contributed by atoms with Crippen LogP contribution in [0.1, 0.15) is 19.4 Å². The molecule has 150 valence electrons. The summed E-state index contributed by atoms with van der Waals surface area (Å²) in [6.45, 7) is 4.69. The minimum absolute atomic E-state index is 0.465. The lowest BCUT2D eigenvalue weighted by Crippen LogP contribution is -2.40. The summed E-state index contributed by atoms with van der Waals surface area (Å²) in [7, 11) is 0. The highest BCUT2D eigenvalue weighted by Gasteiger charge is 2.46. The lowest BCUT2D eigenvalue weighted by atomic mass is 10.2. The Morgan fingerprint density at radius 3 is 2.00 bits per heavy atom. The van der Waals surface area contributed by atoms with Crippen LogP contribution in [-0.4, -0.2) is 46.1 Å². The Kier molecular flexibility index (Phi) is 5.63. The molecule has 0 unspecified atom stereocenters. The van der Waals surface area contributed by atoms with E-state index in [0.29, 0.717) is 22.1 Å². The van der Waals surface area contributed by atoms with Crippen LogP contribution < -0.4 is 10.1 Å². The predicted molar refractivity (Wildman–Crippen MR) is 105 cm³/mol. The van der Waals surface area contributed by atoms with Crippen molar-refractivity contribution in [1.29, 1.82) is 0 Å². The number of carbonyl (C=O) groups excluding carboxylic acids is 4. The van der Waals surface area contributed by atoms with Gasteiger partial charge in [0.15, 0.2) is 0 Å². The Labute approximate surface area is 168 Å². The summed E-state index contributed by atoms with van der Waals surface area (Å²) < 4.78 is 5.72. The molecule has 1 fully saturated rings. The maximum atomic E-state index is 12.2. The van der Waals surface area contributed by atoms with Crippen LogP contribution in [0, 0.1) is 6.92 Å². The lowest BCUT2D eigenvalue weighted by Gasteiger charge is -2.18. The number of benzene rings is 2. The monoisotopic (exact) mass is 395 g/mol. The van der Waals surface area contributed by atoms with Gasteiger partial charge in [0.05, 0.1) is 0 Å². The van der Waals surface area contributed by atoms with Crippen molar-refractivity contribution in [3.8, 4) is 11.5 Å². The highest BCUT2D eigenvalue weighted by Crippen LogP contribution is 2.23. The molecule has 0 aromatic heterocycles. The molecule has 2 aromatic rings. The average molecular weight is 395 g/mol. The fourth-order valence-corrected chi connectivity index (χ4v) is 2.81. The number of anilines is 1. The maximum absolute atomic E-state index is 12.2. The molecular weight excluding hydrogens is 374 g/mol. The third-order valence-electron chi connectivity index (χ3n) is 4.30. The summed E-state index contributed by atoms with van der Waals surface area (Å²) in [5.74, 6) is -1.22. The smallest absolute Gasteiger partial charge is 0.334 e. The van der Waals surface area contributed by atoms with Crippen molar-refractivity contribution >= 4 is 29.4 Å². The molecule has 0 atom stereocenters. The molecule has 1 aliphatic rings. The van der Waals surface area contributed by atoms with E-state index >= 15 is 0 Å². The first-order valence-corrected chi connectivity index (χ1v) is 9.09. The van der Waals surface area contributed by atoms with E-state index in [-0.39, 0.29) is 0 Å². The zero-order chi connectivity index (χ0) is 21.1. The number of nitrogens with one attached hydrogen (secondary N) is 1. The van der Waals surface area contributed by atoms with E-state index < -0.39 is 36.3 Å².